The molecule has 1 aliphatic rings. The Labute approximate surface area is 196 Å². The Morgan fingerprint density at radius 1 is 1.12 bits per heavy atom. The number of amidine groups is 1. The summed E-state index contributed by atoms with van der Waals surface area (Å²) in [7, 11) is 3.98. The van der Waals surface area contributed by atoms with E-state index in [9.17, 15) is 9.59 Å². The Morgan fingerprint density at radius 3 is 2.41 bits per heavy atom. The number of rotatable bonds is 6. The van der Waals surface area contributed by atoms with E-state index >= 15 is 0 Å². The number of hydrogen-bond acceptors (Lipinski definition) is 6. The van der Waals surface area contributed by atoms with Crippen molar-refractivity contribution in [2.24, 2.45) is 15.9 Å². The normalized spacial score (nSPS) is 17.5. The van der Waals surface area contributed by atoms with Gasteiger partial charge in [0.2, 0.25) is 11.8 Å². The summed E-state index contributed by atoms with van der Waals surface area (Å²) in [5.74, 6) is -0.618. The number of anilines is 2. The number of nitrogens with zero attached hydrogens (tertiary/aromatic N) is 4. The first kappa shape index (κ1) is 23.6. The summed E-state index contributed by atoms with van der Waals surface area (Å²) >= 11 is 6.92. The maximum Gasteiger partial charge on any atom is 0.247 e. The summed E-state index contributed by atoms with van der Waals surface area (Å²) in [6, 6.07) is 14.6. The lowest BCUT2D eigenvalue weighted by atomic mass is 10.2. The van der Waals surface area contributed by atoms with E-state index in [1.165, 1.54) is 0 Å². The molecule has 3 rings (SSSR count). The topological polar surface area (TPSA) is 91.4 Å². The molecule has 32 heavy (non-hydrogen) atoms. The van der Waals surface area contributed by atoms with E-state index in [0.29, 0.717) is 16.4 Å². The molecule has 1 heterocycles. The molecule has 2 aromatic rings. The van der Waals surface area contributed by atoms with Gasteiger partial charge in [0, 0.05) is 31.2 Å². The molecule has 0 spiro atoms. The molecule has 1 atom stereocenters. The van der Waals surface area contributed by atoms with Crippen LogP contribution in [-0.2, 0) is 9.59 Å². The lowest BCUT2D eigenvalue weighted by molar-refractivity contribution is -0.121. The monoisotopic (exact) mass is 469 g/mol. The molecule has 1 fully saturated rings. The molecule has 1 saturated heterocycles. The van der Waals surface area contributed by atoms with E-state index in [0.717, 1.165) is 27.9 Å². The minimum absolute atomic E-state index is 0.0495. The van der Waals surface area contributed by atoms with Crippen molar-refractivity contribution >= 4 is 63.5 Å². The molecule has 166 valence electrons. The molecule has 0 radical (unpaired) electrons. The van der Waals surface area contributed by atoms with E-state index in [1.807, 2.05) is 55.4 Å². The quantitative estimate of drug-likeness (QED) is 0.296. The van der Waals surface area contributed by atoms with Crippen molar-refractivity contribution in [3.05, 3.63) is 65.2 Å². The van der Waals surface area contributed by atoms with Gasteiger partial charge in [-0.1, -0.05) is 41.6 Å². The highest BCUT2D eigenvalue weighted by Gasteiger charge is 2.40. The van der Waals surface area contributed by atoms with Gasteiger partial charge in [0.05, 0.1) is 11.4 Å². The molecular formula is C23H24ClN5O2S. The van der Waals surface area contributed by atoms with E-state index in [-0.39, 0.29) is 23.4 Å². The van der Waals surface area contributed by atoms with Crippen LogP contribution in [0.2, 0.25) is 5.02 Å². The Bertz CT molecular complexity index is 1080. The number of amides is 2. The zero-order valence-corrected chi connectivity index (χ0v) is 19.6. The standard InChI is InChI=1S/C23H24ClN5O2S/c1-15(4-5-16-6-10-18(11-7-16)28(2)3)26-27-23(25)32-20-14-21(30)29(22(20)31)19-12-8-17(24)9-13-19/h4-13,20H,14H2,1-3H3,(H2,25,27)/b5-4+,26-15-/t20-/m1/s1. The number of thioether (sulfide) groups is 1. The maximum absolute atomic E-state index is 12.7. The molecule has 0 bridgehead atoms. The lowest BCUT2D eigenvalue weighted by Gasteiger charge is -2.14. The Balaban J connectivity index is 1.61. The molecule has 2 amide bonds. The first-order valence-electron chi connectivity index (χ1n) is 9.87. The summed E-state index contributed by atoms with van der Waals surface area (Å²) < 4.78 is 0. The predicted molar refractivity (Wildman–Crippen MR) is 134 cm³/mol. The van der Waals surface area contributed by atoms with Gasteiger partial charge in [-0.05, 0) is 55.0 Å². The summed E-state index contributed by atoms with van der Waals surface area (Å²) in [5.41, 5.74) is 9.24. The van der Waals surface area contributed by atoms with Crippen LogP contribution in [0, 0.1) is 0 Å². The molecule has 7 nitrogen and oxygen atoms in total. The zero-order chi connectivity index (χ0) is 23.3. The number of hydrogen-bond donors (Lipinski definition) is 1. The minimum atomic E-state index is -0.636. The van der Waals surface area contributed by atoms with E-state index in [2.05, 4.69) is 10.2 Å². The highest BCUT2D eigenvalue weighted by atomic mass is 35.5. The smallest absolute Gasteiger partial charge is 0.247 e. The third kappa shape index (κ3) is 5.99. The van der Waals surface area contributed by atoms with Crippen LogP contribution in [0.1, 0.15) is 18.9 Å². The lowest BCUT2D eigenvalue weighted by Crippen LogP contribution is -2.31. The fourth-order valence-corrected chi connectivity index (χ4v) is 3.93. The summed E-state index contributed by atoms with van der Waals surface area (Å²) in [4.78, 5) is 28.2. The number of carbonyl (C=O) groups excluding carboxylic acids is 2. The molecule has 0 aromatic heterocycles. The molecular weight excluding hydrogens is 446 g/mol. The van der Waals surface area contributed by atoms with Crippen molar-refractivity contribution in [1.29, 1.82) is 0 Å². The largest absolute Gasteiger partial charge is 0.378 e. The number of halogens is 1. The fraction of sp³-hybridized carbons (Fsp3) is 0.217. The minimum Gasteiger partial charge on any atom is -0.378 e. The van der Waals surface area contributed by atoms with Crippen molar-refractivity contribution < 1.29 is 9.59 Å². The van der Waals surface area contributed by atoms with Crippen molar-refractivity contribution in [1.82, 2.24) is 0 Å². The molecule has 0 unspecified atom stereocenters. The fourth-order valence-electron chi connectivity index (χ4n) is 2.99. The number of benzene rings is 2. The Morgan fingerprint density at radius 2 is 1.78 bits per heavy atom. The van der Waals surface area contributed by atoms with Gasteiger partial charge in [0.25, 0.3) is 0 Å². The second-order valence-electron chi connectivity index (χ2n) is 7.35. The van der Waals surface area contributed by atoms with Crippen LogP contribution >= 0.6 is 23.4 Å². The highest BCUT2D eigenvalue weighted by Crippen LogP contribution is 2.30. The first-order valence-corrected chi connectivity index (χ1v) is 11.1. The van der Waals surface area contributed by atoms with Crippen molar-refractivity contribution in [2.75, 3.05) is 23.9 Å². The molecule has 0 saturated carbocycles. The van der Waals surface area contributed by atoms with Gasteiger partial charge in [-0.25, -0.2) is 4.90 Å². The SMILES string of the molecule is CC(/C=C/c1ccc(N(C)C)cc1)=N/N=C(N)S[C@@H]1CC(=O)N(c2ccc(Cl)cc2)C1=O. The van der Waals surface area contributed by atoms with Crippen LogP contribution in [0.5, 0.6) is 0 Å². The molecule has 9 heteroatoms. The average molecular weight is 470 g/mol. The van der Waals surface area contributed by atoms with Crippen LogP contribution in [-0.4, -0.2) is 42.0 Å². The van der Waals surface area contributed by atoms with Crippen LogP contribution in [0.15, 0.2) is 64.8 Å². The number of imide groups is 1. The van der Waals surface area contributed by atoms with Crippen LogP contribution in [0.4, 0.5) is 11.4 Å². The van der Waals surface area contributed by atoms with Crippen LogP contribution < -0.4 is 15.5 Å². The van der Waals surface area contributed by atoms with Gasteiger partial charge in [0.1, 0.15) is 5.25 Å². The van der Waals surface area contributed by atoms with Gasteiger partial charge in [0.15, 0.2) is 5.17 Å². The van der Waals surface area contributed by atoms with Gasteiger partial charge < -0.3 is 10.6 Å². The zero-order valence-electron chi connectivity index (χ0n) is 18.0. The van der Waals surface area contributed by atoms with E-state index < -0.39 is 5.25 Å². The third-order valence-electron chi connectivity index (χ3n) is 4.69. The van der Waals surface area contributed by atoms with Crippen molar-refractivity contribution in [3.8, 4) is 0 Å². The number of carbonyl (C=O) groups is 2. The second kappa shape index (κ2) is 10.5. The average Bonchev–Trinajstić information content (AvgIpc) is 3.04. The van der Waals surface area contributed by atoms with E-state index in [1.54, 1.807) is 31.2 Å². The van der Waals surface area contributed by atoms with Crippen LogP contribution in [0.25, 0.3) is 6.08 Å². The Kier molecular flexibility index (Phi) is 7.71. The van der Waals surface area contributed by atoms with Crippen LogP contribution in [0.3, 0.4) is 0 Å². The maximum atomic E-state index is 12.7. The summed E-state index contributed by atoms with van der Waals surface area (Å²) in [6.45, 7) is 1.80. The molecule has 0 aliphatic carbocycles. The number of nitrogens with two attached hydrogens (primary N) is 1. The predicted octanol–water partition coefficient (Wildman–Crippen LogP) is 4.18. The van der Waals surface area contributed by atoms with E-state index in [4.69, 9.17) is 17.3 Å². The summed E-state index contributed by atoms with van der Waals surface area (Å²) in [5, 5.41) is 8.11. The second-order valence-corrected chi connectivity index (χ2v) is 9.01. The molecule has 2 aromatic carbocycles. The van der Waals surface area contributed by atoms with Crippen molar-refractivity contribution in [3.63, 3.8) is 0 Å². The van der Waals surface area contributed by atoms with Gasteiger partial charge in [-0.15, -0.1) is 5.10 Å². The Hall–Kier alpha value is -3.10. The van der Waals surface area contributed by atoms with Gasteiger partial charge in [-0.2, -0.15) is 5.10 Å². The molecule has 2 N–H and O–H groups in total. The number of allylic oxidation sites excluding steroid dienone is 1. The first-order chi connectivity index (χ1) is 15.2. The van der Waals surface area contributed by atoms with Gasteiger partial charge >= 0.3 is 0 Å². The highest BCUT2D eigenvalue weighted by molar-refractivity contribution is 8.14. The molecule has 1 aliphatic heterocycles. The van der Waals surface area contributed by atoms with Crippen molar-refractivity contribution in [2.45, 2.75) is 18.6 Å². The summed E-state index contributed by atoms with van der Waals surface area (Å²) in [6.07, 6.45) is 3.81. The third-order valence-corrected chi connectivity index (χ3v) is 5.91. The van der Waals surface area contributed by atoms with Gasteiger partial charge in [-0.3, -0.25) is 9.59 Å².